The van der Waals surface area contributed by atoms with Crippen LogP contribution in [-0.2, 0) is 6.42 Å². The van der Waals surface area contributed by atoms with Gasteiger partial charge in [0, 0.05) is 0 Å². The van der Waals surface area contributed by atoms with Crippen molar-refractivity contribution in [1.82, 2.24) is 5.32 Å². The van der Waals surface area contributed by atoms with E-state index in [1.807, 2.05) is 13.1 Å². The Labute approximate surface area is 107 Å². The number of rotatable bonds is 6. The molecule has 90 valence electrons. The lowest BCUT2D eigenvalue weighted by atomic mass is 9.97. The van der Waals surface area contributed by atoms with Crippen molar-refractivity contribution in [3.8, 4) is 5.75 Å². The Hall–Kier alpha value is -0.540. The molecule has 0 spiro atoms. The van der Waals surface area contributed by atoms with E-state index < -0.39 is 0 Å². The third-order valence-corrected chi connectivity index (χ3v) is 3.43. The van der Waals surface area contributed by atoms with E-state index >= 15 is 0 Å². The second kappa shape index (κ2) is 6.92. The van der Waals surface area contributed by atoms with E-state index in [-0.39, 0.29) is 0 Å². The molecule has 1 aromatic carbocycles. The van der Waals surface area contributed by atoms with Crippen LogP contribution in [0.3, 0.4) is 0 Å². The van der Waals surface area contributed by atoms with Crippen molar-refractivity contribution in [2.75, 3.05) is 20.7 Å². The van der Waals surface area contributed by atoms with Crippen molar-refractivity contribution in [3.63, 3.8) is 0 Å². The first-order valence-electron chi connectivity index (χ1n) is 5.68. The summed E-state index contributed by atoms with van der Waals surface area (Å²) in [4.78, 5) is 0. The maximum absolute atomic E-state index is 5.22. The molecule has 0 heterocycles. The number of nitrogens with one attached hydrogen (secondary N) is 1. The fourth-order valence-corrected chi connectivity index (χ4v) is 2.41. The largest absolute Gasteiger partial charge is 0.496 e. The van der Waals surface area contributed by atoms with Crippen molar-refractivity contribution in [2.24, 2.45) is 5.92 Å². The molecule has 0 bridgehead atoms. The van der Waals surface area contributed by atoms with E-state index in [0.717, 1.165) is 23.2 Å². The molecule has 0 saturated heterocycles. The lowest BCUT2D eigenvalue weighted by Gasteiger charge is -2.15. The number of benzene rings is 1. The molecule has 0 aromatic heterocycles. The molecule has 1 unspecified atom stereocenters. The number of hydrogen-bond donors (Lipinski definition) is 1. The van der Waals surface area contributed by atoms with Gasteiger partial charge in [0.2, 0.25) is 0 Å². The molecule has 0 radical (unpaired) electrons. The molecule has 0 aliphatic carbocycles. The Kier molecular flexibility index (Phi) is 5.85. The fourth-order valence-electron chi connectivity index (χ4n) is 1.82. The first-order valence-corrected chi connectivity index (χ1v) is 6.47. The van der Waals surface area contributed by atoms with E-state index in [1.165, 1.54) is 12.0 Å². The lowest BCUT2D eigenvalue weighted by molar-refractivity contribution is 0.411. The van der Waals surface area contributed by atoms with E-state index in [4.69, 9.17) is 4.74 Å². The minimum Gasteiger partial charge on any atom is -0.496 e. The zero-order valence-corrected chi connectivity index (χ0v) is 11.8. The van der Waals surface area contributed by atoms with Crippen LogP contribution in [0.4, 0.5) is 0 Å². The first-order chi connectivity index (χ1) is 7.71. The monoisotopic (exact) mass is 285 g/mol. The summed E-state index contributed by atoms with van der Waals surface area (Å²) in [6.45, 7) is 3.31. The minimum absolute atomic E-state index is 0.699. The molecule has 0 amide bonds. The highest BCUT2D eigenvalue weighted by Crippen LogP contribution is 2.26. The summed E-state index contributed by atoms with van der Waals surface area (Å²) in [6, 6.07) is 6.31. The highest BCUT2D eigenvalue weighted by atomic mass is 79.9. The van der Waals surface area contributed by atoms with Gasteiger partial charge in [0.1, 0.15) is 5.75 Å². The normalized spacial score (nSPS) is 12.5. The smallest absolute Gasteiger partial charge is 0.133 e. The SMILES string of the molecule is CCC(CNC)Cc1ccc(OC)c(Br)c1. The molecule has 1 aromatic rings. The van der Waals surface area contributed by atoms with Crippen LogP contribution in [0, 0.1) is 5.92 Å². The molecule has 0 aliphatic heterocycles. The van der Waals surface area contributed by atoms with Crippen molar-refractivity contribution >= 4 is 15.9 Å². The van der Waals surface area contributed by atoms with E-state index in [9.17, 15) is 0 Å². The Balaban J connectivity index is 2.69. The summed E-state index contributed by atoms with van der Waals surface area (Å²) in [5.41, 5.74) is 1.36. The van der Waals surface area contributed by atoms with Crippen LogP contribution >= 0.6 is 15.9 Å². The average Bonchev–Trinajstić information content (AvgIpc) is 2.28. The molecule has 2 nitrogen and oxygen atoms in total. The summed E-state index contributed by atoms with van der Waals surface area (Å²) in [5.74, 6) is 1.59. The minimum atomic E-state index is 0.699. The van der Waals surface area contributed by atoms with Gasteiger partial charge in [0.25, 0.3) is 0 Å². The van der Waals surface area contributed by atoms with Gasteiger partial charge in [-0.2, -0.15) is 0 Å². The maximum atomic E-state index is 5.22. The van der Waals surface area contributed by atoms with Crippen LogP contribution in [0.2, 0.25) is 0 Å². The Morgan fingerprint density at radius 1 is 1.44 bits per heavy atom. The van der Waals surface area contributed by atoms with Crippen molar-refractivity contribution < 1.29 is 4.74 Å². The third-order valence-electron chi connectivity index (χ3n) is 2.81. The van der Waals surface area contributed by atoms with E-state index in [1.54, 1.807) is 7.11 Å². The van der Waals surface area contributed by atoms with Gasteiger partial charge in [0.15, 0.2) is 0 Å². The van der Waals surface area contributed by atoms with Crippen molar-refractivity contribution in [3.05, 3.63) is 28.2 Å². The number of hydrogen-bond acceptors (Lipinski definition) is 2. The topological polar surface area (TPSA) is 21.3 Å². The van der Waals surface area contributed by atoms with Gasteiger partial charge >= 0.3 is 0 Å². The van der Waals surface area contributed by atoms with Gasteiger partial charge < -0.3 is 10.1 Å². The van der Waals surface area contributed by atoms with Crippen LogP contribution < -0.4 is 10.1 Å². The van der Waals surface area contributed by atoms with Gasteiger partial charge in [-0.05, 0) is 59.6 Å². The van der Waals surface area contributed by atoms with Gasteiger partial charge in [-0.25, -0.2) is 0 Å². The van der Waals surface area contributed by atoms with Crippen LogP contribution in [0.1, 0.15) is 18.9 Å². The lowest BCUT2D eigenvalue weighted by Crippen LogP contribution is -2.20. The second-order valence-corrected chi connectivity index (χ2v) is 4.86. The molecule has 0 saturated carbocycles. The Morgan fingerprint density at radius 2 is 2.19 bits per heavy atom. The summed E-state index contributed by atoms with van der Waals surface area (Å²) in [5, 5.41) is 3.24. The maximum Gasteiger partial charge on any atom is 0.133 e. The van der Waals surface area contributed by atoms with E-state index in [0.29, 0.717) is 5.92 Å². The molecular formula is C13H20BrNO. The zero-order chi connectivity index (χ0) is 12.0. The average molecular weight is 286 g/mol. The highest BCUT2D eigenvalue weighted by molar-refractivity contribution is 9.10. The standard InChI is InChI=1S/C13H20BrNO/c1-4-10(9-15-2)7-11-5-6-13(16-3)12(14)8-11/h5-6,8,10,15H,4,7,9H2,1-3H3. The molecule has 1 N–H and O–H groups in total. The summed E-state index contributed by atoms with van der Waals surface area (Å²) in [6.07, 6.45) is 2.31. The first kappa shape index (κ1) is 13.5. The Morgan fingerprint density at radius 3 is 2.69 bits per heavy atom. The summed E-state index contributed by atoms with van der Waals surface area (Å²) in [7, 11) is 3.70. The third kappa shape index (κ3) is 3.80. The predicted octanol–water partition coefficient (Wildman–Crippen LogP) is 3.25. The van der Waals surface area contributed by atoms with Gasteiger partial charge in [-0.1, -0.05) is 19.4 Å². The van der Waals surface area contributed by atoms with Gasteiger partial charge in [-0.3, -0.25) is 0 Å². The van der Waals surface area contributed by atoms with Crippen molar-refractivity contribution in [1.29, 1.82) is 0 Å². The van der Waals surface area contributed by atoms with Gasteiger partial charge in [0.05, 0.1) is 11.6 Å². The highest BCUT2D eigenvalue weighted by Gasteiger charge is 2.08. The van der Waals surface area contributed by atoms with Crippen LogP contribution in [-0.4, -0.2) is 20.7 Å². The molecule has 1 atom stereocenters. The molecule has 16 heavy (non-hydrogen) atoms. The van der Waals surface area contributed by atoms with Crippen LogP contribution in [0.15, 0.2) is 22.7 Å². The zero-order valence-electron chi connectivity index (χ0n) is 10.2. The van der Waals surface area contributed by atoms with Crippen LogP contribution in [0.25, 0.3) is 0 Å². The number of ether oxygens (including phenoxy) is 1. The molecule has 1 rings (SSSR count). The summed E-state index contributed by atoms with van der Waals surface area (Å²) >= 11 is 3.52. The molecule has 0 aliphatic rings. The predicted molar refractivity (Wildman–Crippen MR) is 72.1 cm³/mol. The number of halogens is 1. The van der Waals surface area contributed by atoms with E-state index in [2.05, 4.69) is 40.3 Å². The number of methoxy groups -OCH3 is 1. The fraction of sp³-hybridized carbons (Fsp3) is 0.538. The van der Waals surface area contributed by atoms with Crippen molar-refractivity contribution in [2.45, 2.75) is 19.8 Å². The summed E-state index contributed by atoms with van der Waals surface area (Å²) < 4.78 is 6.25. The molecular weight excluding hydrogens is 266 g/mol. The second-order valence-electron chi connectivity index (χ2n) is 4.00. The van der Waals surface area contributed by atoms with Gasteiger partial charge in [-0.15, -0.1) is 0 Å². The Bertz CT molecular complexity index is 328. The quantitative estimate of drug-likeness (QED) is 0.866. The molecule has 0 fully saturated rings. The molecule has 3 heteroatoms. The van der Waals surface area contributed by atoms with Crippen LogP contribution in [0.5, 0.6) is 5.75 Å².